The van der Waals surface area contributed by atoms with Crippen LogP contribution in [0, 0.1) is 0 Å². The second kappa shape index (κ2) is 5.36. The van der Waals surface area contributed by atoms with Crippen LogP contribution in [0.15, 0.2) is 54.9 Å². The lowest BCUT2D eigenvalue weighted by Crippen LogP contribution is -2.28. The number of hydrogen-bond acceptors (Lipinski definition) is 2. The third-order valence-corrected chi connectivity index (χ3v) is 2.68. The summed E-state index contributed by atoms with van der Waals surface area (Å²) in [5, 5.41) is 0. The summed E-state index contributed by atoms with van der Waals surface area (Å²) in [5.74, 6) is -0.299. The Morgan fingerprint density at radius 1 is 0.944 bits per heavy atom. The van der Waals surface area contributed by atoms with Crippen LogP contribution in [0.2, 0.25) is 0 Å². The van der Waals surface area contributed by atoms with Gasteiger partial charge in [0, 0.05) is 11.6 Å². The molecule has 1 aromatic carbocycles. The maximum atomic E-state index is 11.9. The molecule has 0 bridgehead atoms. The van der Waals surface area contributed by atoms with E-state index in [2.05, 4.69) is 0 Å². The first-order valence-electron chi connectivity index (χ1n) is 5.73. The summed E-state index contributed by atoms with van der Waals surface area (Å²) in [6.07, 6.45) is 3.48. The molecule has 0 N–H and O–H groups in total. The Morgan fingerprint density at radius 3 is 2.22 bits per heavy atom. The van der Waals surface area contributed by atoms with Gasteiger partial charge in [0.05, 0.1) is 12.0 Å². The topological polar surface area (TPSA) is 38.0 Å². The Labute approximate surface area is 106 Å². The zero-order chi connectivity index (χ0) is 13.0. The van der Waals surface area contributed by atoms with Crippen molar-refractivity contribution in [2.75, 3.05) is 0 Å². The lowest BCUT2D eigenvalue weighted by molar-refractivity contribution is -0.671. The maximum absolute atomic E-state index is 11.9. The molecule has 0 unspecified atom stereocenters. The molecule has 1 heterocycles. The molecule has 2 rings (SSSR count). The van der Waals surface area contributed by atoms with Crippen molar-refractivity contribution in [2.45, 2.75) is 6.42 Å². The van der Waals surface area contributed by atoms with E-state index in [4.69, 9.17) is 0 Å². The van der Waals surface area contributed by atoms with Crippen LogP contribution in [0.25, 0.3) is 0 Å². The van der Waals surface area contributed by atoms with Crippen LogP contribution in [0.1, 0.15) is 27.1 Å². The minimum absolute atomic E-state index is 0.0893. The number of pyridine rings is 1. The van der Waals surface area contributed by atoms with Gasteiger partial charge in [-0.2, -0.15) is 0 Å². The molecule has 1 aromatic heterocycles. The molecule has 2 aromatic rings. The predicted octanol–water partition coefficient (Wildman–Crippen LogP) is 1.97. The first-order chi connectivity index (χ1) is 8.66. The number of aryl methyl sites for hydroxylation is 1. The van der Waals surface area contributed by atoms with Crippen LogP contribution < -0.4 is 4.57 Å². The maximum Gasteiger partial charge on any atom is 0.179 e. The molecule has 0 aliphatic carbocycles. The van der Waals surface area contributed by atoms with Gasteiger partial charge in [-0.3, -0.25) is 9.59 Å². The summed E-state index contributed by atoms with van der Waals surface area (Å²) in [6.45, 7) is 0. The SMILES string of the molecule is C[n+]1cccc(C(=O)CC(=O)c2ccccc2)c1. The molecule has 0 amide bonds. The fourth-order valence-corrected chi connectivity index (χ4v) is 1.73. The van der Waals surface area contributed by atoms with Crippen molar-refractivity contribution in [3.63, 3.8) is 0 Å². The van der Waals surface area contributed by atoms with E-state index in [0.29, 0.717) is 11.1 Å². The van der Waals surface area contributed by atoms with E-state index in [1.54, 1.807) is 47.2 Å². The van der Waals surface area contributed by atoms with E-state index in [-0.39, 0.29) is 18.0 Å². The molecule has 0 atom stereocenters. The molecular weight excluding hydrogens is 226 g/mol. The Hall–Kier alpha value is -2.29. The fraction of sp³-hybridized carbons (Fsp3) is 0.133. The summed E-state index contributed by atoms with van der Waals surface area (Å²) in [7, 11) is 1.84. The lowest BCUT2D eigenvalue weighted by atomic mass is 10.0. The highest BCUT2D eigenvalue weighted by molar-refractivity contribution is 6.13. The van der Waals surface area contributed by atoms with Crippen molar-refractivity contribution in [1.29, 1.82) is 0 Å². The van der Waals surface area contributed by atoms with Gasteiger partial charge in [0.15, 0.2) is 24.0 Å². The summed E-state index contributed by atoms with van der Waals surface area (Å²) in [6, 6.07) is 12.4. The largest absolute Gasteiger partial charge is 0.294 e. The number of carbonyl (C=O) groups excluding carboxylic acids is 2. The number of hydrogen-bond donors (Lipinski definition) is 0. The normalized spacial score (nSPS) is 10.1. The van der Waals surface area contributed by atoms with Gasteiger partial charge in [-0.05, 0) is 6.07 Å². The molecule has 3 nitrogen and oxygen atoms in total. The third-order valence-electron chi connectivity index (χ3n) is 2.68. The summed E-state index contributed by atoms with van der Waals surface area (Å²) >= 11 is 0. The van der Waals surface area contributed by atoms with Crippen LogP contribution in [0.5, 0.6) is 0 Å². The highest BCUT2D eigenvalue weighted by atomic mass is 16.1. The van der Waals surface area contributed by atoms with Gasteiger partial charge in [0.2, 0.25) is 0 Å². The van der Waals surface area contributed by atoms with Gasteiger partial charge in [0.25, 0.3) is 0 Å². The number of nitrogens with zero attached hydrogens (tertiary/aromatic N) is 1. The minimum Gasteiger partial charge on any atom is -0.294 e. The van der Waals surface area contributed by atoms with Crippen molar-refractivity contribution < 1.29 is 14.2 Å². The van der Waals surface area contributed by atoms with Gasteiger partial charge in [0.1, 0.15) is 7.05 Å². The van der Waals surface area contributed by atoms with Crippen LogP contribution in [-0.4, -0.2) is 11.6 Å². The molecule has 0 aliphatic rings. The molecule has 0 saturated heterocycles. The first kappa shape index (κ1) is 12.2. The number of carbonyl (C=O) groups is 2. The van der Waals surface area contributed by atoms with Gasteiger partial charge >= 0.3 is 0 Å². The first-order valence-corrected chi connectivity index (χ1v) is 5.73. The highest BCUT2D eigenvalue weighted by Gasteiger charge is 2.15. The predicted molar refractivity (Wildman–Crippen MR) is 67.3 cm³/mol. The molecule has 0 aliphatic heterocycles. The fourth-order valence-electron chi connectivity index (χ4n) is 1.73. The average molecular weight is 240 g/mol. The van der Waals surface area contributed by atoms with Gasteiger partial charge in [-0.1, -0.05) is 30.3 Å². The Kier molecular flexibility index (Phi) is 3.63. The van der Waals surface area contributed by atoms with Crippen LogP contribution >= 0.6 is 0 Å². The Balaban J connectivity index is 2.11. The zero-order valence-corrected chi connectivity index (χ0v) is 10.2. The van der Waals surface area contributed by atoms with Gasteiger partial charge in [-0.15, -0.1) is 0 Å². The second-order valence-electron chi connectivity index (χ2n) is 4.15. The van der Waals surface area contributed by atoms with Crippen molar-refractivity contribution in [2.24, 2.45) is 7.05 Å². The standard InChI is InChI=1S/C15H14NO2/c1-16-9-5-8-13(11-16)15(18)10-14(17)12-6-3-2-4-7-12/h2-9,11H,10H2,1H3/q+1. The third kappa shape index (κ3) is 2.88. The summed E-state index contributed by atoms with van der Waals surface area (Å²) < 4.78 is 1.79. The van der Waals surface area contributed by atoms with E-state index in [0.717, 1.165) is 0 Å². The highest BCUT2D eigenvalue weighted by Crippen LogP contribution is 2.07. The van der Waals surface area contributed by atoms with Gasteiger partial charge < -0.3 is 0 Å². The summed E-state index contributed by atoms with van der Waals surface area (Å²) in [5.41, 5.74) is 1.13. The quantitative estimate of drug-likeness (QED) is 0.465. The second-order valence-corrected chi connectivity index (χ2v) is 4.15. The molecular formula is C15H14NO2+. The lowest BCUT2D eigenvalue weighted by Gasteiger charge is -2.00. The van der Waals surface area contributed by atoms with Crippen LogP contribution in [-0.2, 0) is 7.05 Å². The minimum atomic E-state index is -0.153. The van der Waals surface area contributed by atoms with Crippen molar-refractivity contribution in [1.82, 2.24) is 0 Å². The van der Waals surface area contributed by atoms with Crippen LogP contribution in [0.4, 0.5) is 0 Å². The average Bonchev–Trinajstić information content (AvgIpc) is 2.39. The monoisotopic (exact) mass is 240 g/mol. The number of ketones is 2. The number of Topliss-reactive ketones (excluding diaryl/α,β-unsaturated/α-hetero) is 2. The molecule has 0 radical (unpaired) electrons. The molecule has 0 spiro atoms. The van der Waals surface area contributed by atoms with E-state index in [1.165, 1.54) is 0 Å². The van der Waals surface area contributed by atoms with E-state index >= 15 is 0 Å². The van der Waals surface area contributed by atoms with E-state index < -0.39 is 0 Å². The zero-order valence-electron chi connectivity index (χ0n) is 10.2. The molecule has 0 fully saturated rings. The number of rotatable bonds is 4. The molecule has 90 valence electrons. The van der Waals surface area contributed by atoms with E-state index in [9.17, 15) is 9.59 Å². The molecule has 3 heteroatoms. The van der Waals surface area contributed by atoms with Crippen molar-refractivity contribution in [3.8, 4) is 0 Å². The van der Waals surface area contributed by atoms with Crippen molar-refractivity contribution in [3.05, 3.63) is 66.0 Å². The summed E-state index contributed by atoms with van der Waals surface area (Å²) in [4.78, 5) is 23.8. The van der Waals surface area contributed by atoms with Crippen molar-refractivity contribution >= 4 is 11.6 Å². The van der Waals surface area contributed by atoms with E-state index in [1.807, 2.05) is 19.3 Å². The van der Waals surface area contributed by atoms with Crippen LogP contribution in [0.3, 0.4) is 0 Å². The number of aromatic nitrogens is 1. The number of benzene rings is 1. The smallest absolute Gasteiger partial charge is 0.179 e. The Bertz CT molecular complexity index is 576. The Morgan fingerprint density at radius 2 is 1.56 bits per heavy atom. The molecule has 0 saturated carbocycles. The van der Waals surface area contributed by atoms with Gasteiger partial charge in [-0.25, -0.2) is 4.57 Å². The molecule has 18 heavy (non-hydrogen) atoms.